The van der Waals surface area contributed by atoms with Crippen LogP contribution in [0, 0.1) is 0 Å². The molecule has 1 aromatic heterocycles. The highest BCUT2D eigenvalue weighted by Crippen LogP contribution is 2.16. The first-order valence-corrected chi connectivity index (χ1v) is 4.38. The third-order valence-corrected chi connectivity index (χ3v) is 1.88. The molecule has 0 aliphatic carbocycles. The standard InChI is InChI=1S/C9H10ClNO3/c1-14-9(13)5-7(12)6-3-2-4-8(10)11-6/h2-4,7,12H,5H2,1H3/t7-/m0/s1. The van der Waals surface area contributed by atoms with Gasteiger partial charge >= 0.3 is 5.97 Å². The maximum absolute atomic E-state index is 10.8. The number of rotatable bonds is 3. The van der Waals surface area contributed by atoms with Gasteiger partial charge in [-0.15, -0.1) is 0 Å². The lowest BCUT2D eigenvalue weighted by Crippen LogP contribution is -2.09. The molecule has 0 saturated carbocycles. The van der Waals surface area contributed by atoms with E-state index in [4.69, 9.17) is 11.6 Å². The van der Waals surface area contributed by atoms with E-state index in [9.17, 15) is 9.90 Å². The minimum absolute atomic E-state index is 0.121. The van der Waals surface area contributed by atoms with Crippen molar-refractivity contribution in [1.82, 2.24) is 4.98 Å². The molecule has 5 heteroatoms. The van der Waals surface area contributed by atoms with Crippen LogP contribution < -0.4 is 0 Å². The van der Waals surface area contributed by atoms with E-state index >= 15 is 0 Å². The Hall–Kier alpha value is -1.13. The summed E-state index contributed by atoms with van der Waals surface area (Å²) in [5, 5.41) is 9.81. The van der Waals surface area contributed by atoms with Gasteiger partial charge in [0.2, 0.25) is 0 Å². The lowest BCUT2D eigenvalue weighted by atomic mass is 10.2. The SMILES string of the molecule is COC(=O)C[C@H](O)c1cccc(Cl)n1. The molecule has 0 radical (unpaired) electrons. The summed E-state index contributed by atoms with van der Waals surface area (Å²) >= 11 is 5.62. The number of carbonyl (C=O) groups excluding carboxylic acids is 1. The lowest BCUT2D eigenvalue weighted by molar-refractivity contribution is -0.142. The second-order valence-corrected chi connectivity index (χ2v) is 3.07. The number of aliphatic hydroxyl groups is 1. The highest BCUT2D eigenvalue weighted by Gasteiger charge is 2.14. The minimum atomic E-state index is -0.971. The number of aromatic nitrogens is 1. The lowest BCUT2D eigenvalue weighted by Gasteiger charge is -2.08. The number of hydrogen-bond donors (Lipinski definition) is 1. The van der Waals surface area contributed by atoms with Crippen LogP contribution in [0.1, 0.15) is 18.2 Å². The van der Waals surface area contributed by atoms with Crippen LogP contribution in [-0.4, -0.2) is 23.2 Å². The fraction of sp³-hybridized carbons (Fsp3) is 0.333. The first-order chi connectivity index (χ1) is 6.63. The van der Waals surface area contributed by atoms with Crippen LogP contribution in [0.25, 0.3) is 0 Å². The molecular weight excluding hydrogens is 206 g/mol. The molecule has 1 rings (SSSR count). The van der Waals surface area contributed by atoms with Gasteiger partial charge in [0.15, 0.2) is 0 Å². The van der Waals surface area contributed by atoms with E-state index in [1.165, 1.54) is 7.11 Å². The summed E-state index contributed by atoms with van der Waals surface area (Å²) in [6.07, 6.45) is -1.09. The third-order valence-electron chi connectivity index (χ3n) is 1.67. The monoisotopic (exact) mass is 215 g/mol. The Balaban J connectivity index is 2.69. The van der Waals surface area contributed by atoms with E-state index in [1.807, 2.05) is 0 Å². The van der Waals surface area contributed by atoms with E-state index < -0.39 is 12.1 Å². The molecule has 1 N–H and O–H groups in total. The van der Waals surface area contributed by atoms with Crippen molar-refractivity contribution in [3.63, 3.8) is 0 Å². The number of aliphatic hydroxyl groups excluding tert-OH is 1. The smallest absolute Gasteiger partial charge is 0.308 e. The molecule has 1 heterocycles. The molecule has 0 aliphatic rings. The summed E-state index contributed by atoms with van der Waals surface area (Å²) in [5.74, 6) is -0.487. The van der Waals surface area contributed by atoms with Crippen molar-refractivity contribution >= 4 is 17.6 Å². The van der Waals surface area contributed by atoms with Gasteiger partial charge in [-0.1, -0.05) is 17.7 Å². The van der Waals surface area contributed by atoms with Gasteiger partial charge in [-0.2, -0.15) is 0 Å². The van der Waals surface area contributed by atoms with Crippen molar-refractivity contribution in [3.8, 4) is 0 Å². The fourth-order valence-corrected chi connectivity index (χ4v) is 1.13. The summed E-state index contributed by atoms with van der Waals surface area (Å²) in [6, 6.07) is 4.85. The van der Waals surface area contributed by atoms with Gasteiger partial charge < -0.3 is 9.84 Å². The van der Waals surface area contributed by atoms with Crippen LogP contribution in [0.3, 0.4) is 0 Å². The number of esters is 1. The quantitative estimate of drug-likeness (QED) is 0.611. The minimum Gasteiger partial charge on any atom is -0.469 e. The molecule has 0 amide bonds. The number of nitrogens with zero attached hydrogens (tertiary/aromatic N) is 1. The summed E-state index contributed by atoms with van der Waals surface area (Å²) in [5.41, 5.74) is 0.364. The van der Waals surface area contributed by atoms with Gasteiger partial charge in [0.05, 0.1) is 19.2 Å². The highest BCUT2D eigenvalue weighted by atomic mass is 35.5. The summed E-state index contributed by atoms with van der Waals surface area (Å²) < 4.78 is 4.41. The maximum Gasteiger partial charge on any atom is 0.308 e. The number of halogens is 1. The van der Waals surface area contributed by atoms with Crippen LogP contribution in [0.15, 0.2) is 18.2 Å². The van der Waals surface area contributed by atoms with Gasteiger partial charge in [0.25, 0.3) is 0 Å². The van der Waals surface area contributed by atoms with Crippen LogP contribution in [0.5, 0.6) is 0 Å². The Morgan fingerprint density at radius 3 is 3.00 bits per heavy atom. The van der Waals surface area contributed by atoms with Crippen molar-refractivity contribution in [3.05, 3.63) is 29.0 Å². The molecule has 0 fully saturated rings. The Morgan fingerprint density at radius 1 is 1.71 bits per heavy atom. The Kier molecular flexibility index (Phi) is 3.85. The number of carbonyl (C=O) groups is 1. The predicted molar refractivity (Wildman–Crippen MR) is 50.8 cm³/mol. The zero-order valence-corrected chi connectivity index (χ0v) is 8.36. The van der Waals surface area contributed by atoms with Gasteiger partial charge in [0.1, 0.15) is 11.3 Å². The Labute approximate surface area is 86.5 Å². The molecule has 4 nitrogen and oxygen atoms in total. The molecule has 0 aliphatic heterocycles. The second kappa shape index (κ2) is 4.93. The number of hydrogen-bond acceptors (Lipinski definition) is 4. The third kappa shape index (κ3) is 2.97. The van der Waals surface area contributed by atoms with Crippen molar-refractivity contribution in [2.45, 2.75) is 12.5 Å². The molecule has 0 spiro atoms. The molecule has 14 heavy (non-hydrogen) atoms. The fourth-order valence-electron chi connectivity index (χ4n) is 0.955. The molecular formula is C9H10ClNO3. The number of methoxy groups -OCH3 is 1. The van der Waals surface area contributed by atoms with Crippen LogP contribution in [-0.2, 0) is 9.53 Å². The Bertz CT molecular complexity index is 330. The van der Waals surface area contributed by atoms with Gasteiger partial charge in [-0.05, 0) is 12.1 Å². The highest BCUT2D eigenvalue weighted by molar-refractivity contribution is 6.29. The summed E-state index contributed by atoms with van der Waals surface area (Å²) in [7, 11) is 1.26. The predicted octanol–water partition coefficient (Wildman–Crippen LogP) is 1.33. The van der Waals surface area contributed by atoms with E-state index in [2.05, 4.69) is 9.72 Å². The molecule has 0 unspecified atom stereocenters. The van der Waals surface area contributed by atoms with Crippen molar-refractivity contribution in [2.75, 3.05) is 7.11 Å². The second-order valence-electron chi connectivity index (χ2n) is 2.68. The van der Waals surface area contributed by atoms with Crippen LogP contribution >= 0.6 is 11.6 Å². The van der Waals surface area contributed by atoms with Crippen molar-refractivity contribution in [1.29, 1.82) is 0 Å². The average molecular weight is 216 g/mol. The zero-order chi connectivity index (χ0) is 10.6. The van der Waals surface area contributed by atoms with Gasteiger partial charge in [-0.3, -0.25) is 4.79 Å². The van der Waals surface area contributed by atoms with Crippen LogP contribution in [0.4, 0.5) is 0 Å². The van der Waals surface area contributed by atoms with Gasteiger partial charge in [-0.25, -0.2) is 4.98 Å². The van der Waals surface area contributed by atoms with E-state index in [1.54, 1.807) is 18.2 Å². The largest absolute Gasteiger partial charge is 0.469 e. The van der Waals surface area contributed by atoms with Crippen molar-refractivity contribution < 1.29 is 14.6 Å². The summed E-state index contributed by atoms with van der Waals surface area (Å²) in [6.45, 7) is 0. The van der Waals surface area contributed by atoms with Crippen molar-refractivity contribution in [2.24, 2.45) is 0 Å². The summed E-state index contributed by atoms with van der Waals surface area (Å²) in [4.78, 5) is 14.7. The number of pyridine rings is 1. The molecule has 76 valence electrons. The molecule has 1 atom stereocenters. The maximum atomic E-state index is 10.8. The normalized spacial score (nSPS) is 12.2. The topological polar surface area (TPSA) is 59.4 Å². The van der Waals surface area contributed by atoms with E-state index in [0.717, 1.165) is 0 Å². The van der Waals surface area contributed by atoms with Crippen LogP contribution in [0.2, 0.25) is 5.15 Å². The van der Waals surface area contributed by atoms with E-state index in [0.29, 0.717) is 5.69 Å². The Morgan fingerprint density at radius 2 is 2.43 bits per heavy atom. The average Bonchev–Trinajstić information content (AvgIpc) is 2.17. The number of ether oxygens (including phenoxy) is 1. The zero-order valence-electron chi connectivity index (χ0n) is 7.61. The van der Waals surface area contributed by atoms with Gasteiger partial charge in [0, 0.05) is 0 Å². The molecule has 0 aromatic carbocycles. The van der Waals surface area contributed by atoms with E-state index in [-0.39, 0.29) is 11.6 Å². The first-order valence-electron chi connectivity index (χ1n) is 4.01. The molecule has 0 saturated heterocycles. The molecule has 1 aromatic rings. The molecule has 0 bridgehead atoms. The first kappa shape index (κ1) is 10.9.